The second-order valence-electron chi connectivity index (χ2n) is 1.22. The summed E-state index contributed by atoms with van der Waals surface area (Å²) < 4.78 is 0. The van der Waals surface area contributed by atoms with Crippen molar-refractivity contribution >= 4 is 0 Å². The molecular weight excluding hydrogens is 349 g/mol. The normalized spacial score (nSPS) is 13.7. The average molecular weight is 359 g/mol. The van der Waals surface area contributed by atoms with E-state index in [0.29, 0.717) is 0 Å². The van der Waals surface area contributed by atoms with Crippen LogP contribution in [0.2, 0.25) is 0 Å². The monoisotopic (exact) mass is 359 g/mol. The molecule has 41 valence electrons. The smallest absolute Gasteiger partial charge is 0 e. The van der Waals surface area contributed by atoms with Crippen molar-refractivity contribution in [2.45, 2.75) is 19.3 Å². The summed E-state index contributed by atoms with van der Waals surface area (Å²) in [5, 5.41) is 0. The van der Waals surface area contributed by atoms with Crippen LogP contribution in [-0.2, 0) is 18.6 Å². The third-order valence-electron chi connectivity index (χ3n) is 0.816. The molecule has 1 saturated carbocycles. The first-order valence-corrected chi connectivity index (χ1v) is 1.82. The summed E-state index contributed by atoms with van der Waals surface area (Å²) in [5.41, 5.74) is 0. The zero-order valence-electron chi connectivity index (χ0n) is 4.65. The van der Waals surface area contributed by atoms with E-state index < -0.39 is 0 Å². The van der Waals surface area contributed by atoms with E-state index in [1.807, 2.05) is 0 Å². The topological polar surface area (TPSA) is 0 Å². The summed E-state index contributed by atoms with van der Waals surface area (Å²) in [4.78, 5) is 0. The Morgan fingerprint density at radius 3 is 1.29 bits per heavy atom. The van der Waals surface area contributed by atoms with Crippen LogP contribution in [0.1, 0.15) is 19.3 Å². The molecule has 0 aliphatic heterocycles. The molecule has 2 heteroatoms. The molecule has 0 saturated heterocycles. The van der Waals surface area contributed by atoms with Crippen molar-refractivity contribution in [3.8, 4) is 0 Å². The molecule has 1 aliphatic rings. The molecule has 0 nitrogen and oxygen atoms in total. The van der Waals surface area contributed by atoms with E-state index in [9.17, 15) is 0 Å². The number of rotatable bonds is 0. The van der Waals surface area contributed by atoms with Gasteiger partial charge in [0.25, 0.3) is 0 Å². The van der Waals surface area contributed by atoms with Crippen LogP contribution < -0.4 is 0 Å². The van der Waals surface area contributed by atoms with Crippen molar-refractivity contribution in [2.24, 2.45) is 0 Å². The maximum atomic E-state index is 2.31. The summed E-state index contributed by atoms with van der Waals surface area (Å²) in [6.07, 6.45) is 6.50. The summed E-state index contributed by atoms with van der Waals surface area (Å²) in [5.74, 6) is 0. The molecule has 0 aromatic carbocycles. The molecule has 0 unspecified atom stereocenters. The molecule has 0 atom stereocenters. The Labute approximate surface area is 82.1 Å². The van der Waals surface area contributed by atoms with E-state index in [1.54, 1.807) is 0 Å². The van der Waals surface area contributed by atoms with Gasteiger partial charge in [0.05, 0.1) is 0 Å². The van der Waals surface area contributed by atoms with E-state index in [0.717, 1.165) is 0 Å². The Morgan fingerprint density at radius 1 is 1.14 bits per heavy atom. The molecule has 0 aromatic heterocycles. The van der Waals surface area contributed by atoms with Crippen molar-refractivity contribution < 1.29 is 49.7 Å². The fraction of sp³-hybridized carbons (Fsp3) is 0.600. The predicted molar refractivity (Wildman–Crippen MR) is 24.6 cm³/mol. The van der Waals surface area contributed by atoms with Gasteiger partial charge in [-0.25, -0.2) is 0 Å². The molecule has 1 rings (SSSR count). The minimum Gasteiger partial charge on any atom is -0.358 e. The quantitative estimate of drug-likeness (QED) is 0.579. The molecule has 1 aliphatic carbocycles. The van der Waals surface area contributed by atoms with Crippen LogP contribution >= 0.6 is 0 Å². The first-order chi connectivity index (χ1) is 2.00. The van der Waals surface area contributed by atoms with Crippen LogP contribution in [0.3, 0.4) is 0 Å². The van der Waals surface area contributed by atoms with E-state index in [2.05, 4.69) is 6.42 Å². The van der Waals surface area contributed by atoms with Crippen LogP contribution in [0.4, 0.5) is 0 Å². The Kier molecular flexibility index (Phi) is 24.0. The van der Waals surface area contributed by atoms with Gasteiger partial charge in [0, 0.05) is 49.7 Å². The summed E-state index contributed by atoms with van der Waals surface area (Å²) in [6.45, 7) is 0. The molecular formula is C5H10UV-2. The van der Waals surface area contributed by atoms with Crippen LogP contribution in [0.15, 0.2) is 0 Å². The molecule has 0 aromatic rings. The second-order valence-corrected chi connectivity index (χ2v) is 1.22. The predicted octanol–water partition coefficient (Wildman–Crippen LogP) is 1.82. The van der Waals surface area contributed by atoms with Crippen molar-refractivity contribution in [3.05, 3.63) is 13.8 Å². The SMILES string of the molecule is [CH-]1CCC1.[CH3-].[U].[V]. The van der Waals surface area contributed by atoms with Crippen molar-refractivity contribution in [3.63, 3.8) is 0 Å². The molecule has 0 spiro atoms. The minimum absolute atomic E-state index is 0. The van der Waals surface area contributed by atoms with Gasteiger partial charge in [-0.3, -0.25) is 0 Å². The van der Waals surface area contributed by atoms with Crippen LogP contribution in [0.5, 0.6) is 0 Å². The maximum absolute atomic E-state index is 2.31. The zero-order valence-corrected chi connectivity index (χ0v) is 10.2. The van der Waals surface area contributed by atoms with Crippen LogP contribution in [0, 0.1) is 45.0 Å². The largest absolute Gasteiger partial charge is 0.358 e. The summed E-state index contributed by atoms with van der Waals surface area (Å²) >= 11 is 0. The Balaban J connectivity index is -0.0000000533. The van der Waals surface area contributed by atoms with Gasteiger partial charge in [0.1, 0.15) is 0 Å². The first kappa shape index (κ1) is 15.9. The average Bonchev–Trinajstić information content (AvgIpc) is 0.722. The number of hydrogen-bond donors (Lipinski definition) is 0. The van der Waals surface area contributed by atoms with Crippen LogP contribution in [-0.4, -0.2) is 0 Å². The molecule has 0 bridgehead atoms. The Hall–Kier alpha value is 1.64. The van der Waals surface area contributed by atoms with Crippen molar-refractivity contribution in [1.29, 1.82) is 0 Å². The van der Waals surface area contributed by atoms with E-state index >= 15 is 0 Å². The number of hydrogen-bond acceptors (Lipinski definition) is 0. The molecule has 0 amide bonds. The minimum atomic E-state index is 0. The van der Waals surface area contributed by atoms with Gasteiger partial charge in [-0.15, -0.1) is 6.42 Å². The molecule has 0 N–H and O–H groups in total. The second kappa shape index (κ2) is 10.6. The fourth-order valence-corrected chi connectivity index (χ4v) is 0.204. The summed E-state index contributed by atoms with van der Waals surface area (Å²) in [7, 11) is 0. The Bertz CT molecular complexity index is 16.0. The van der Waals surface area contributed by atoms with E-state index in [1.165, 1.54) is 19.3 Å². The first-order valence-electron chi connectivity index (χ1n) is 1.82. The van der Waals surface area contributed by atoms with Gasteiger partial charge in [-0.1, -0.05) is 0 Å². The van der Waals surface area contributed by atoms with Gasteiger partial charge in [-0.05, 0) is 0 Å². The van der Waals surface area contributed by atoms with E-state index in [-0.39, 0.29) is 57.1 Å². The Morgan fingerprint density at radius 2 is 1.29 bits per heavy atom. The summed E-state index contributed by atoms with van der Waals surface area (Å²) in [6, 6.07) is 0. The third kappa shape index (κ3) is 7.64. The van der Waals surface area contributed by atoms with Crippen molar-refractivity contribution in [1.82, 2.24) is 0 Å². The van der Waals surface area contributed by atoms with Gasteiger partial charge >= 0.3 is 0 Å². The van der Waals surface area contributed by atoms with Crippen LogP contribution in [0.25, 0.3) is 0 Å². The standard InChI is InChI=1S/C4H7.CH3.U.V/c1-2-4-3-1;;;/h1H,2-4H2;1H3;;/q2*-1;;. The molecule has 7 heavy (non-hydrogen) atoms. The zero-order chi connectivity index (χ0) is 2.83. The van der Waals surface area contributed by atoms with E-state index in [4.69, 9.17) is 0 Å². The van der Waals surface area contributed by atoms with Gasteiger partial charge in [0.15, 0.2) is 0 Å². The maximum Gasteiger partial charge on any atom is 0 e. The fourth-order valence-electron chi connectivity index (χ4n) is 0.204. The molecule has 0 heterocycles. The van der Waals surface area contributed by atoms with Gasteiger partial charge in [-0.2, -0.15) is 12.8 Å². The third-order valence-corrected chi connectivity index (χ3v) is 0.816. The molecule has 1 radical (unpaired) electrons. The van der Waals surface area contributed by atoms with Gasteiger partial charge in [0.2, 0.25) is 0 Å². The molecule has 1 fully saturated rings. The van der Waals surface area contributed by atoms with Gasteiger partial charge < -0.3 is 13.8 Å². The van der Waals surface area contributed by atoms with Crippen molar-refractivity contribution in [2.75, 3.05) is 0 Å².